The predicted octanol–water partition coefficient (Wildman–Crippen LogP) is 1.85. The Labute approximate surface area is 193 Å². The lowest BCUT2D eigenvalue weighted by atomic mass is 10.2. The fourth-order valence-electron chi connectivity index (χ4n) is 2.76. The Morgan fingerprint density at radius 3 is 2.55 bits per heavy atom. The van der Waals surface area contributed by atoms with E-state index < -0.39 is 30.9 Å². The van der Waals surface area contributed by atoms with E-state index in [4.69, 9.17) is 25.8 Å². The maximum Gasteiger partial charge on any atom is 0.325 e. The highest BCUT2D eigenvalue weighted by Gasteiger charge is 2.15. The summed E-state index contributed by atoms with van der Waals surface area (Å²) in [6, 6.07) is 9.39. The van der Waals surface area contributed by atoms with E-state index in [0.717, 1.165) is 0 Å². The fourth-order valence-corrected chi connectivity index (χ4v) is 2.93. The molecule has 0 aliphatic carbocycles. The van der Waals surface area contributed by atoms with Crippen molar-refractivity contribution in [3.05, 3.63) is 59.6 Å². The summed E-state index contributed by atoms with van der Waals surface area (Å²) in [5, 5.41) is 9.43. The number of benzene rings is 2. The van der Waals surface area contributed by atoms with Gasteiger partial charge in [0.25, 0.3) is 11.8 Å². The van der Waals surface area contributed by atoms with E-state index >= 15 is 0 Å². The van der Waals surface area contributed by atoms with Gasteiger partial charge in [-0.1, -0.05) is 11.6 Å². The van der Waals surface area contributed by atoms with E-state index in [2.05, 4.69) is 20.7 Å². The number of rotatable bonds is 9. The number of anilines is 1. The first kappa shape index (κ1) is 23.5. The molecular formula is C21H20ClN5O6. The molecule has 0 aliphatic heterocycles. The first-order valence-electron chi connectivity index (χ1n) is 9.51. The van der Waals surface area contributed by atoms with Crippen molar-refractivity contribution in [3.63, 3.8) is 0 Å². The van der Waals surface area contributed by atoms with Gasteiger partial charge in [-0.05, 0) is 36.4 Å². The SMILES string of the molecule is COc1ccc(C(=O)NCC(=O)OCC(=O)Nc2cc(Cl)ccc2-n2cncn2)cc1OC. The Morgan fingerprint density at radius 2 is 1.85 bits per heavy atom. The number of nitrogens with zero attached hydrogens (tertiary/aromatic N) is 3. The number of hydrogen-bond acceptors (Lipinski definition) is 8. The smallest absolute Gasteiger partial charge is 0.325 e. The zero-order valence-electron chi connectivity index (χ0n) is 17.7. The zero-order chi connectivity index (χ0) is 23.8. The summed E-state index contributed by atoms with van der Waals surface area (Å²) in [6.07, 6.45) is 2.80. The van der Waals surface area contributed by atoms with Crippen LogP contribution < -0.4 is 20.1 Å². The van der Waals surface area contributed by atoms with E-state index in [-0.39, 0.29) is 5.56 Å². The molecule has 33 heavy (non-hydrogen) atoms. The van der Waals surface area contributed by atoms with Gasteiger partial charge < -0.3 is 24.8 Å². The molecule has 3 aromatic rings. The second-order valence-corrected chi connectivity index (χ2v) is 6.90. The van der Waals surface area contributed by atoms with Gasteiger partial charge in [-0.3, -0.25) is 14.4 Å². The third-order valence-electron chi connectivity index (χ3n) is 4.30. The number of carbonyl (C=O) groups is 3. The van der Waals surface area contributed by atoms with Gasteiger partial charge in [-0.15, -0.1) is 0 Å². The third kappa shape index (κ3) is 6.20. The number of amides is 2. The largest absolute Gasteiger partial charge is 0.493 e. The maximum absolute atomic E-state index is 12.3. The monoisotopic (exact) mass is 473 g/mol. The molecule has 0 saturated carbocycles. The van der Waals surface area contributed by atoms with Crippen LogP contribution in [0.1, 0.15) is 10.4 Å². The van der Waals surface area contributed by atoms with E-state index in [1.54, 1.807) is 18.2 Å². The highest BCUT2D eigenvalue weighted by molar-refractivity contribution is 6.31. The summed E-state index contributed by atoms with van der Waals surface area (Å²) in [7, 11) is 2.92. The Bertz CT molecular complexity index is 1150. The first-order chi connectivity index (χ1) is 15.9. The third-order valence-corrected chi connectivity index (χ3v) is 4.54. The van der Waals surface area contributed by atoms with Crippen molar-refractivity contribution in [3.8, 4) is 17.2 Å². The van der Waals surface area contributed by atoms with E-state index in [0.29, 0.717) is 27.9 Å². The van der Waals surface area contributed by atoms with Crippen LogP contribution in [0.25, 0.3) is 5.69 Å². The summed E-state index contributed by atoms with van der Waals surface area (Å²) in [6.45, 7) is -0.990. The van der Waals surface area contributed by atoms with Gasteiger partial charge >= 0.3 is 5.97 Å². The number of esters is 1. The normalized spacial score (nSPS) is 10.3. The van der Waals surface area contributed by atoms with Gasteiger partial charge in [0, 0.05) is 10.6 Å². The molecule has 1 aromatic heterocycles. The molecule has 0 atom stereocenters. The predicted molar refractivity (Wildman–Crippen MR) is 118 cm³/mol. The molecule has 0 bridgehead atoms. The molecular weight excluding hydrogens is 454 g/mol. The van der Waals surface area contributed by atoms with Crippen molar-refractivity contribution in [1.29, 1.82) is 0 Å². The average Bonchev–Trinajstić information content (AvgIpc) is 3.35. The van der Waals surface area contributed by atoms with Crippen LogP contribution in [0, 0.1) is 0 Å². The lowest BCUT2D eigenvalue weighted by Gasteiger charge is -2.12. The van der Waals surface area contributed by atoms with Gasteiger partial charge in [0.15, 0.2) is 18.1 Å². The Morgan fingerprint density at radius 1 is 1.06 bits per heavy atom. The highest BCUT2D eigenvalue weighted by atomic mass is 35.5. The van der Waals surface area contributed by atoms with Crippen LogP contribution in [0.5, 0.6) is 11.5 Å². The Kier molecular flexibility index (Phi) is 7.82. The lowest BCUT2D eigenvalue weighted by molar-refractivity contribution is -0.146. The molecule has 2 amide bonds. The topological polar surface area (TPSA) is 134 Å². The molecule has 172 valence electrons. The minimum atomic E-state index is -0.790. The van der Waals surface area contributed by atoms with Crippen LogP contribution in [0.2, 0.25) is 5.02 Å². The van der Waals surface area contributed by atoms with Crippen molar-refractivity contribution in [2.24, 2.45) is 0 Å². The molecule has 0 fully saturated rings. The van der Waals surface area contributed by atoms with Crippen molar-refractivity contribution < 1.29 is 28.6 Å². The van der Waals surface area contributed by atoms with Gasteiger partial charge in [0.1, 0.15) is 19.2 Å². The number of hydrogen-bond donors (Lipinski definition) is 2. The standard InChI is InChI=1S/C21H20ClN5O6/c1-31-17-6-3-13(7-18(17)32-2)21(30)24-9-20(29)33-10-19(28)26-15-8-14(22)4-5-16(15)27-12-23-11-25-27/h3-8,11-12H,9-10H2,1-2H3,(H,24,30)(H,26,28). The van der Waals surface area contributed by atoms with Crippen LogP contribution in [0.4, 0.5) is 5.69 Å². The molecule has 1 heterocycles. The molecule has 12 heteroatoms. The number of ether oxygens (including phenoxy) is 3. The summed E-state index contributed by atoms with van der Waals surface area (Å²) in [5.41, 5.74) is 1.15. The number of methoxy groups -OCH3 is 2. The summed E-state index contributed by atoms with van der Waals surface area (Å²) in [4.78, 5) is 40.3. The fraction of sp³-hybridized carbons (Fsp3) is 0.190. The van der Waals surface area contributed by atoms with Gasteiger partial charge in [0.2, 0.25) is 0 Å². The second kappa shape index (κ2) is 11.0. The number of aromatic nitrogens is 3. The molecule has 11 nitrogen and oxygen atoms in total. The zero-order valence-corrected chi connectivity index (χ0v) is 18.5. The van der Waals surface area contributed by atoms with Gasteiger partial charge in [-0.2, -0.15) is 5.10 Å². The summed E-state index contributed by atoms with van der Waals surface area (Å²) in [5.74, 6) is -1.07. The summed E-state index contributed by atoms with van der Waals surface area (Å²) < 4.78 is 16.6. The van der Waals surface area contributed by atoms with Crippen LogP contribution in [-0.2, 0) is 14.3 Å². The molecule has 0 radical (unpaired) electrons. The quantitative estimate of drug-likeness (QED) is 0.450. The average molecular weight is 474 g/mol. The van der Waals surface area contributed by atoms with Gasteiger partial charge in [0.05, 0.1) is 25.6 Å². The van der Waals surface area contributed by atoms with E-state index in [1.165, 1.54) is 49.8 Å². The number of nitrogens with one attached hydrogen (secondary N) is 2. The molecule has 0 unspecified atom stereocenters. The van der Waals surface area contributed by atoms with Crippen LogP contribution in [0.15, 0.2) is 49.1 Å². The molecule has 0 aliphatic rings. The van der Waals surface area contributed by atoms with Crippen molar-refractivity contribution in [1.82, 2.24) is 20.1 Å². The molecule has 2 N–H and O–H groups in total. The molecule has 3 rings (SSSR count). The highest BCUT2D eigenvalue weighted by Crippen LogP contribution is 2.27. The van der Waals surface area contributed by atoms with Crippen LogP contribution in [0.3, 0.4) is 0 Å². The van der Waals surface area contributed by atoms with E-state index in [1.807, 2.05) is 0 Å². The second-order valence-electron chi connectivity index (χ2n) is 6.46. The van der Waals surface area contributed by atoms with Crippen LogP contribution in [-0.4, -0.2) is 59.9 Å². The minimum absolute atomic E-state index is 0.264. The maximum atomic E-state index is 12.3. The summed E-state index contributed by atoms with van der Waals surface area (Å²) >= 11 is 6.01. The van der Waals surface area contributed by atoms with Crippen molar-refractivity contribution in [2.75, 3.05) is 32.7 Å². The number of halogens is 1. The van der Waals surface area contributed by atoms with Crippen molar-refractivity contribution >= 4 is 35.1 Å². The molecule has 0 spiro atoms. The molecule has 0 saturated heterocycles. The van der Waals surface area contributed by atoms with Gasteiger partial charge in [-0.25, -0.2) is 9.67 Å². The van der Waals surface area contributed by atoms with Crippen molar-refractivity contribution in [2.45, 2.75) is 0 Å². The first-order valence-corrected chi connectivity index (χ1v) is 9.89. The minimum Gasteiger partial charge on any atom is -0.493 e. The lowest BCUT2D eigenvalue weighted by Crippen LogP contribution is -2.32. The Hall–Kier alpha value is -4.12. The molecule has 2 aromatic carbocycles. The Balaban J connectivity index is 1.51. The van der Waals surface area contributed by atoms with E-state index in [9.17, 15) is 14.4 Å². The van der Waals surface area contributed by atoms with Crippen LogP contribution >= 0.6 is 11.6 Å². The number of carbonyl (C=O) groups excluding carboxylic acids is 3.